The van der Waals surface area contributed by atoms with E-state index in [4.69, 9.17) is 0 Å². The smallest absolute Gasteiger partial charge is 0.331 e. The van der Waals surface area contributed by atoms with E-state index < -0.39 is 28.5 Å². The number of aromatic nitrogens is 2. The van der Waals surface area contributed by atoms with Crippen molar-refractivity contribution in [3.05, 3.63) is 62.3 Å². The van der Waals surface area contributed by atoms with Gasteiger partial charge in [0.05, 0.1) is 0 Å². The van der Waals surface area contributed by atoms with Crippen LogP contribution in [0.3, 0.4) is 0 Å². The van der Waals surface area contributed by atoms with E-state index in [2.05, 4.69) is 0 Å². The van der Waals surface area contributed by atoms with Crippen molar-refractivity contribution >= 4 is 5.78 Å². The topological polar surface area (TPSA) is 92.2 Å². The number of rotatable bonds is 4. The zero-order chi connectivity index (χ0) is 14.7. The highest BCUT2D eigenvalue weighted by molar-refractivity contribution is 5.95. The molecule has 0 atom stereocenters. The van der Waals surface area contributed by atoms with Crippen LogP contribution < -0.4 is 11.2 Å². The first kappa shape index (κ1) is 13.8. The fourth-order valence-electron chi connectivity index (χ4n) is 1.97. The van der Waals surface area contributed by atoms with Gasteiger partial charge >= 0.3 is 5.69 Å². The summed E-state index contributed by atoms with van der Waals surface area (Å²) in [5.74, 6) is -1.17. The van der Waals surface area contributed by atoms with Crippen LogP contribution in [0.1, 0.15) is 22.8 Å². The third kappa shape index (κ3) is 2.69. The lowest BCUT2D eigenvalue weighted by Gasteiger charge is -2.09. The number of aromatic hydroxyl groups is 1. The SMILES string of the molecule is CC(=O)c1c(O)n(CCc2ccccc2)c(=O)[nH]c1=O. The Morgan fingerprint density at radius 1 is 1.25 bits per heavy atom. The highest BCUT2D eigenvalue weighted by Crippen LogP contribution is 2.11. The number of carbonyl (C=O) groups is 1. The highest BCUT2D eigenvalue weighted by atomic mass is 16.3. The van der Waals surface area contributed by atoms with E-state index in [-0.39, 0.29) is 6.54 Å². The Hall–Kier alpha value is -2.63. The number of carbonyl (C=O) groups excluding carboxylic acids is 1. The largest absolute Gasteiger partial charge is 0.494 e. The highest BCUT2D eigenvalue weighted by Gasteiger charge is 2.17. The Labute approximate surface area is 114 Å². The van der Waals surface area contributed by atoms with Crippen LogP contribution in [-0.4, -0.2) is 20.4 Å². The van der Waals surface area contributed by atoms with Crippen LogP contribution in [0.5, 0.6) is 5.88 Å². The number of hydrogen-bond donors (Lipinski definition) is 2. The fourth-order valence-corrected chi connectivity index (χ4v) is 1.97. The molecule has 0 bridgehead atoms. The number of aromatic amines is 1. The summed E-state index contributed by atoms with van der Waals surface area (Å²) >= 11 is 0. The summed E-state index contributed by atoms with van der Waals surface area (Å²) in [7, 11) is 0. The Bertz CT molecular complexity index is 744. The summed E-state index contributed by atoms with van der Waals surface area (Å²) in [6, 6.07) is 9.39. The van der Waals surface area contributed by atoms with Crippen molar-refractivity contribution < 1.29 is 9.90 Å². The maximum Gasteiger partial charge on any atom is 0.331 e. The summed E-state index contributed by atoms with van der Waals surface area (Å²) in [5.41, 5.74) is -1.00. The second-order valence-corrected chi connectivity index (χ2v) is 4.40. The van der Waals surface area contributed by atoms with Gasteiger partial charge in [0.1, 0.15) is 5.56 Å². The molecule has 20 heavy (non-hydrogen) atoms. The molecular formula is C14H14N2O4. The molecule has 0 fully saturated rings. The van der Waals surface area contributed by atoms with Crippen molar-refractivity contribution in [1.82, 2.24) is 9.55 Å². The number of ketones is 1. The molecule has 0 amide bonds. The van der Waals surface area contributed by atoms with Crippen molar-refractivity contribution in [2.45, 2.75) is 19.9 Å². The number of nitrogens with zero attached hydrogens (tertiary/aromatic N) is 1. The molecule has 6 heteroatoms. The Balaban J connectivity index is 2.37. The lowest BCUT2D eigenvalue weighted by molar-refractivity contribution is 0.101. The van der Waals surface area contributed by atoms with Gasteiger partial charge in [-0.1, -0.05) is 30.3 Å². The number of benzene rings is 1. The summed E-state index contributed by atoms with van der Waals surface area (Å²) in [6.45, 7) is 1.34. The quantitative estimate of drug-likeness (QED) is 0.802. The van der Waals surface area contributed by atoms with E-state index in [0.29, 0.717) is 6.42 Å². The van der Waals surface area contributed by atoms with Crippen LogP contribution in [0.4, 0.5) is 0 Å². The third-order valence-electron chi connectivity index (χ3n) is 2.99. The zero-order valence-electron chi connectivity index (χ0n) is 10.9. The van der Waals surface area contributed by atoms with Crippen LogP contribution in [-0.2, 0) is 13.0 Å². The predicted octanol–water partition coefficient (Wildman–Crippen LogP) is 0.688. The van der Waals surface area contributed by atoms with Gasteiger partial charge in [-0.3, -0.25) is 19.1 Å². The first-order valence-electron chi connectivity index (χ1n) is 6.11. The zero-order valence-corrected chi connectivity index (χ0v) is 10.9. The molecule has 0 aliphatic heterocycles. The molecule has 1 aromatic heterocycles. The molecule has 0 aliphatic rings. The third-order valence-corrected chi connectivity index (χ3v) is 2.99. The van der Waals surface area contributed by atoms with Gasteiger partial charge in [0.15, 0.2) is 5.78 Å². The molecule has 2 N–H and O–H groups in total. The average Bonchev–Trinajstić information content (AvgIpc) is 2.38. The second-order valence-electron chi connectivity index (χ2n) is 4.40. The van der Waals surface area contributed by atoms with Crippen molar-refractivity contribution in [3.63, 3.8) is 0 Å². The van der Waals surface area contributed by atoms with Gasteiger partial charge < -0.3 is 5.11 Å². The van der Waals surface area contributed by atoms with Crippen molar-refractivity contribution in [1.29, 1.82) is 0 Å². The van der Waals surface area contributed by atoms with Gasteiger partial charge in [0, 0.05) is 6.54 Å². The summed E-state index contributed by atoms with van der Waals surface area (Å²) < 4.78 is 0.991. The molecule has 0 saturated heterocycles. The molecular weight excluding hydrogens is 260 g/mol. The van der Waals surface area contributed by atoms with Crippen LogP contribution in [0.2, 0.25) is 0 Å². The average molecular weight is 274 g/mol. The molecule has 0 saturated carbocycles. The molecule has 1 heterocycles. The maximum absolute atomic E-state index is 11.7. The molecule has 0 radical (unpaired) electrons. The van der Waals surface area contributed by atoms with E-state index in [1.54, 1.807) is 0 Å². The molecule has 6 nitrogen and oxygen atoms in total. The molecule has 2 rings (SSSR count). The van der Waals surface area contributed by atoms with Crippen LogP contribution in [0.15, 0.2) is 39.9 Å². The lowest BCUT2D eigenvalue weighted by atomic mass is 10.1. The number of hydrogen-bond acceptors (Lipinski definition) is 4. The monoisotopic (exact) mass is 274 g/mol. The lowest BCUT2D eigenvalue weighted by Crippen LogP contribution is -2.33. The summed E-state index contributed by atoms with van der Waals surface area (Å²) in [6.07, 6.45) is 0.498. The van der Waals surface area contributed by atoms with Crippen LogP contribution in [0, 0.1) is 0 Å². The molecule has 0 spiro atoms. The van der Waals surface area contributed by atoms with Gasteiger partial charge in [-0.2, -0.15) is 0 Å². The van der Waals surface area contributed by atoms with Crippen molar-refractivity contribution in [2.24, 2.45) is 0 Å². The number of aryl methyl sites for hydroxylation is 1. The molecule has 0 unspecified atom stereocenters. The first-order chi connectivity index (χ1) is 9.50. The first-order valence-corrected chi connectivity index (χ1v) is 6.11. The molecule has 104 valence electrons. The predicted molar refractivity (Wildman–Crippen MR) is 73.1 cm³/mol. The van der Waals surface area contributed by atoms with Gasteiger partial charge in [-0.25, -0.2) is 4.79 Å². The normalized spacial score (nSPS) is 10.4. The van der Waals surface area contributed by atoms with Gasteiger partial charge in [0.2, 0.25) is 5.88 Å². The number of H-pyrrole nitrogens is 1. The van der Waals surface area contributed by atoms with E-state index in [1.165, 1.54) is 0 Å². The van der Waals surface area contributed by atoms with Crippen LogP contribution in [0.25, 0.3) is 0 Å². The van der Waals surface area contributed by atoms with E-state index >= 15 is 0 Å². The van der Waals surface area contributed by atoms with Crippen LogP contribution >= 0.6 is 0 Å². The fraction of sp³-hybridized carbons (Fsp3) is 0.214. The molecule has 0 aliphatic carbocycles. The summed E-state index contributed by atoms with van der Waals surface area (Å²) in [4.78, 5) is 36.5. The maximum atomic E-state index is 11.7. The number of Topliss-reactive ketones (excluding diaryl/α,β-unsaturated/α-hetero) is 1. The minimum Gasteiger partial charge on any atom is -0.494 e. The summed E-state index contributed by atoms with van der Waals surface area (Å²) in [5, 5.41) is 9.92. The minimum atomic E-state index is -0.865. The second kappa shape index (κ2) is 5.56. The van der Waals surface area contributed by atoms with Gasteiger partial charge in [-0.15, -0.1) is 0 Å². The van der Waals surface area contributed by atoms with Crippen molar-refractivity contribution in [3.8, 4) is 5.88 Å². The standard InChI is InChI=1S/C14H14N2O4/c1-9(17)11-12(18)15-14(20)16(13(11)19)8-7-10-5-3-2-4-6-10/h2-6,19H,7-8H2,1H3,(H,15,18,20). The number of nitrogens with one attached hydrogen (secondary N) is 1. The Morgan fingerprint density at radius 2 is 1.90 bits per heavy atom. The Kier molecular flexibility index (Phi) is 3.84. The molecule has 1 aromatic carbocycles. The van der Waals surface area contributed by atoms with Crippen molar-refractivity contribution in [2.75, 3.05) is 0 Å². The Morgan fingerprint density at radius 3 is 2.50 bits per heavy atom. The van der Waals surface area contributed by atoms with E-state index in [1.807, 2.05) is 35.3 Å². The van der Waals surface area contributed by atoms with E-state index in [0.717, 1.165) is 17.1 Å². The minimum absolute atomic E-state index is 0.172. The van der Waals surface area contributed by atoms with Gasteiger partial charge in [0.25, 0.3) is 5.56 Å². The molecule has 2 aromatic rings. The van der Waals surface area contributed by atoms with E-state index in [9.17, 15) is 19.5 Å². The van der Waals surface area contributed by atoms with Gasteiger partial charge in [-0.05, 0) is 18.9 Å².